The Morgan fingerprint density at radius 2 is 1.55 bits per heavy atom. The summed E-state index contributed by atoms with van der Waals surface area (Å²) in [5.74, 6) is -1.07. The van der Waals surface area contributed by atoms with Crippen LogP contribution in [0.25, 0.3) is 0 Å². The maximum Gasteiger partial charge on any atom is 0.258 e. The van der Waals surface area contributed by atoms with Crippen LogP contribution in [0.4, 0.5) is 11.6 Å². The molecule has 0 saturated heterocycles. The molecule has 1 amide bonds. The molecule has 1 heterocycles. The normalized spacial score (nSPS) is 13.1. The fraction of sp³-hybridized carbons (Fsp3) is 0. The molecule has 7 nitrogen and oxygen atoms in total. The lowest BCUT2D eigenvalue weighted by Gasteiger charge is -2.19. The first-order valence-electron chi connectivity index (χ1n) is 8.58. The Hall–Kier alpha value is -3.84. The Balaban J connectivity index is 1.60. The Morgan fingerprint density at radius 3 is 2.28 bits per heavy atom. The molecule has 142 valence electrons. The van der Waals surface area contributed by atoms with E-state index in [1.54, 1.807) is 48.5 Å². The summed E-state index contributed by atoms with van der Waals surface area (Å²) in [7, 11) is 0. The Labute approximate surface area is 170 Å². The van der Waals surface area contributed by atoms with Crippen molar-refractivity contribution in [1.82, 2.24) is 9.97 Å². The highest BCUT2D eigenvalue weighted by atomic mass is 35.5. The number of carbonyl (C=O) groups excluding carboxylic acids is 3. The number of anilines is 2. The minimum atomic E-state index is -0.431. The van der Waals surface area contributed by atoms with Crippen LogP contribution in [0.5, 0.6) is 0 Å². The van der Waals surface area contributed by atoms with E-state index in [-0.39, 0.29) is 27.8 Å². The number of halogens is 1. The van der Waals surface area contributed by atoms with Crippen molar-refractivity contribution in [2.24, 2.45) is 0 Å². The summed E-state index contributed by atoms with van der Waals surface area (Å²) in [4.78, 5) is 45.6. The first-order valence-corrected chi connectivity index (χ1v) is 8.96. The number of rotatable bonds is 4. The molecule has 1 aromatic heterocycles. The fourth-order valence-corrected chi connectivity index (χ4v) is 3.11. The zero-order valence-corrected chi connectivity index (χ0v) is 15.6. The van der Waals surface area contributed by atoms with E-state index in [0.717, 1.165) is 0 Å². The van der Waals surface area contributed by atoms with Gasteiger partial charge in [-0.25, -0.2) is 9.97 Å². The van der Waals surface area contributed by atoms with Gasteiger partial charge in [-0.15, -0.1) is 0 Å². The van der Waals surface area contributed by atoms with Gasteiger partial charge in [0, 0.05) is 34.8 Å². The molecule has 0 radical (unpaired) electrons. The summed E-state index contributed by atoms with van der Waals surface area (Å²) in [6.07, 6.45) is 3.03. The monoisotopic (exact) mass is 404 g/mol. The lowest BCUT2D eigenvalue weighted by Crippen LogP contribution is -2.24. The molecular weight excluding hydrogens is 392 g/mol. The quantitative estimate of drug-likeness (QED) is 0.688. The largest absolute Gasteiger partial charge is 0.351 e. The molecule has 0 bridgehead atoms. The van der Waals surface area contributed by atoms with Crippen LogP contribution in [0, 0.1) is 0 Å². The van der Waals surface area contributed by atoms with Crippen LogP contribution in [0.1, 0.15) is 31.1 Å². The Morgan fingerprint density at radius 1 is 0.862 bits per heavy atom. The molecule has 2 aromatic carbocycles. The van der Waals surface area contributed by atoms with Crippen molar-refractivity contribution in [2.75, 3.05) is 10.6 Å². The van der Waals surface area contributed by atoms with Crippen molar-refractivity contribution >= 4 is 40.7 Å². The van der Waals surface area contributed by atoms with Crippen LogP contribution in [0.15, 0.2) is 77.7 Å². The molecule has 2 N–H and O–H groups in total. The Kier molecular flexibility index (Phi) is 4.88. The number of nitrogens with zero attached hydrogens (tertiary/aromatic N) is 2. The minimum Gasteiger partial charge on any atom is -0.351 e. The number of hydrogen-bond donors (Lipinski definition) is 2. The molecule has 0 fully saturated rings. The third-order valence-corrected chi connectivity index (χ3v) is 4.61. The first-order chi connectivity index (χ1) is 14.0. The lowest BCUT2D eigenvalue weighted by atomic mass is 9.92. The number of allylic oxidation sites excluding steroid dienone is 2. The van der Waals surface area contributed by atoms with E-state index in [0.29, 0.717) is 11.3 Å². The van der Waals surface area contributed by atoms with Gasteiger partial charge < -0.3 is 5.32 Å². The van der Waals surface area contributed by atoms with Crippen LogP contribution in [-0.2, 0) is 0 Å². The molecule has 3 aromatic rings. The van der Waals surface area contributed by atoms with E-state index in [9.17, 15) is 14.4 Å². The van der Waals surface area contributed by atoms with Gasteiger partial charge >= 0.3 is 0 Å². The summed E-state index contributed by atoms with van der Waals surface area (Å²) in [6.45, 7) is 0. The van der Waals surface area contributed by atoms with E-state index in [1.807, 2.05) is 0 Å². The van der Waals surface area contributed by atoms with Crippen molar-refractivity contribution in [1.29, 1.82) is 0 Å². The predicted molar refractivity (Wildman–Crippen MR) is 108 cm³/mol. The molecule has 0 spiro atoms. The zero-order chi connectivity index (χ0) is 20.4. The SMILES string of the molecule is O=C(Nc1ncccn1)c1cccc(NC2=C(Cl)C(=O)c3ccccc3C2=O)c1. The van der Waals surface area contributed by atoms with Gasteiger partial charge in [-0.1, -0.05) is 41.9 Å². The fourth-order valence-electron chi connectivity index (χ4n) is 2.88. The Bertz CT molecular complexity index is 1180. The number of carbonyl (C=O) groups is 3. The van der Waals surface area contributed by atoms with E-state index in [4.69, 9.17) is 11.6 Å². The zero-order valence-electron chi connectivity index (χ0n) is 14.8. The van der Waals surface area contributed by atoms with E-state index in [1.165, 1.54) is 18.5 Å². The highest BCUT2D eigenvalue weighted by Crippen LogP contribution is 2.29. The molecule has 8 heteroatoms. The topological polar surface area (TPSA) is 101 Å². The molecular formula is C21H13ClN4O3. The van der Waals surface area contributed by atoms with Gasteiger partial charge in [0.05, 0.1) is 0 Å². The van der Waals surface area contributed by atoms with Crippen LogP contribution < -0.4 is 10.6 Å². The van der Waals surface area contributed by atoms with Crippen LogP contribution in [0.2, 0.25) is 0 Å². The number of benzene rings is 2. The predicted octanol–water partition coefficient (Wildman–Crippen LogP) is 3.67. The van der Waals surface area contributed by atoms with Gasteiger partial charge in [0.2, 0.25) is 17.5 Å². The van der Waals surface area contributed by atoms with E-state index < -0.39 is 17.5 Å². The summed E-state index contributed by atoms with van der Waals surface area (Å²) in [6, 6.07) is 14.6. The van der Waals surface area contributed by atoms with Gasteiger partial charge in [-0.3, -0.25) is 19.7 Å². The molecule has 0 saturated carbocycles. The highest BCUT2D eigenvalue weighted by Gasteiger charge is 2.31. The maximum atomic E-state index is 12.8. The number of fused-ring (bicyclic) bond motifs is 1. The van der Waals surface area contributed by atoms with Crippen LogP contribution in [-0.4, -0.2) is 27.4 Å². The number of hydrogen-bond acceptors (Lipinski definition) is 6. The summed E-state index contributed by atoms with van der Waals surface area (Å²) in [5.41, 5.74) is 1.26. The summed E-state index contributed by atoms with van der Waals surface area (Å²) < 4.78 is 0. The van der Waals surface area contributed by atoms with Gasteiger partial charge in [0.15, 0.2) is 0 Å². The first kappa shape index (κ1) is 18.5. The average Bonchev–Trinajstić information content (AvgIpc) is 2.76. The van der Waals surface area contributed by atoms with E-state index in [2.05, 4.69) is 20.6 Å². The number of ketones is 2. The van der Waals surface area contributed by atoms with Crippen molar-refractivity contribution in [3.8, 4) is 0 Å². The second kappa shape index (κ2) is 7.65. The van der Waals surface area contributed by atoms with Crippen LogP contribution >= 0.6 is 11.6 Å². The second-order valence-electron chi connectivity index (χ2n) is 6.13. The standard InChI is InChI=1S/C21H13ClN4O3/c22-16-17(19(28)15-8-2-1-7-14(15)18(16)27)25-13-6-3-5-12(11-13)20(29)26-21-23-9-4-10-24-21/h1-11,25H,(H,23,24,26,29). The molecule has 29 heavy (non-hydrogen) atoms. The smallest absolute Gasteiger partial charge is 0.258 e. The van der Waals surface area contributed by atoms with Crippen molar-refractivity contribution in [2.45, 2.75) is 0 Å². The number of amides is 1. The third kappa shape index (κ3) is 3.63. The van der Waals surface area contributed by atoms with Gasteiger partial charge in [0.25, 0.3) is 5.91 Å². The molecule has 0 atom stereocenters. The maximum absolute atomic E-state index is 12.8. The molecule has 1 aliphatic rings. The van der Waals surface area contributed by atoms with E-state index >= 15 is 0 Å². The van der Waals surface area contributed by atoms with Crippen LogP contribution in [0.3, 0.4) is 0 Å². The molecule has 0 aliphatic heterocycles. The lowest BCUT2D eigenvalue weighted by molar-refractivity contribution is 0.0982. The number of nitrogens with one attached hydrogen (secondary N) is 2. The van der Waals surface area contributed by atoms with Crippen molar-refractivity contribution in [3.05, 3.63) is 94.4 Å². The minimum absolute atomic E-state index is 0.0284. The number of Topliss-reactive ketones (excluding diaryl/α,β-unsaturated/α-hetero) is 2. The van der Waals surface area contributed by atoms with Gasteiger partial charge in [-0.2, -0.15) is 0 Å². The molecule has 1 aliphatic carbocycles. The summed E-state index contributed by atoms with van der Waals surface area (Å²) >= 11 is 6.17. The second-order valence-corrected chi connectivity index (χ2v) is 6.50. The molecule has 4 rings (SSSR count). The van der Waals surface area contributed by atoms with Crippen molar-refractivity contribution < 1.29 is 14.4 Å². The van der Waals surface area contributed by atoms with Crippen molar-refractivity contribution in [3.63, 3.8) is 0 Å². The average molecular weight is 405 g/mol. The number of aromatic nitrogens is 2. The summed E-state index contributed by atoms with van der Waals surface area (Å²) in [5, 5.41) is 5.26. The molecule has 0 unspecified atom stereocenters. The highest BCUT2D eigenvalue weighted by molar-refractivity contribution is 6.50. The third-order valence-electron chi connectivity index (χ3n) is 4.25. The van der Waals surface area contributed by atoms with Gasteiger partial charge in [-0.05, 0) is 24.3 Å². The van der Waals surface area contributed by atoms with Gasteiger partial charge in [0.1, 0.15) is 10.7 Å².